The highest BCUT2D eigenvalue weighted by Crippen LogP contribution is 2.39. The summed E-state index contributed by atoms with van der Waals surface area (Å²) in [6.45, 7) is 37.2. The molecule has 0 aliphatic carbocycles. The molecule has 0 unspecified atom stereocenters. The molecule has 0 bridgehead atoms. The van der Waals surface area contributed by atoms with Crippen LogP contribution in [0.3, 0.4) is 0 Å². The predicted molar refractivity (Wildman–Crippen MR) is 442 cm³/mol. The van der Waals surface area contributed by atoms with E-state index >= 15 is 0 Å². The summed E-state index contributed by atoms with van der Waals surface area (Å²) in [6.07, 6.45) is 4.94. The molecule has 8 rings (SSSR count). The summed E-state index contributed by atoms with van der Waals surface area (Å²) in [7, 11) is 11.5. The molecule has 602 valence electrons. The van der Waals surface area contributed by atoms with Gasteiger partial charge in [-0.25, -0.2) is 40.9 Å². The standard InChI is InChI=1S/C22H30N6O.C20H26N6O.C20H27N5O4.C18H24N6O4/c1-8-18-26-19(16(12-23)20(27-18)28(7)13-22(3,4)5)25-17-11-15(21(29)24-6)10-9-14(17)2;1-13-7-8-14(18(27)22-5)9-16(13)24-17-15(10-21)11-23-19(25-17)26(6)12-20(2,3)4;1-13-7-8-14(19(26)23-29-6)11-15(13)22-18-17(25(27)28)16(9-10-21-18)24(5)12-20(2,3)4;1-11-6-7-12(17(25)23-28-5)8-13(11)22-16-14(24(26)27)15(20-10-21-16)19-9-18(2,3)4/h9-11H,8,13H2,1-7H3,(H,24,29)(H,25,26,27);7-9,11H,12H2,1-6H3,(H,22,27)(H,23,24,25);7-11H,12H2,1-6H3,(H,21,22)(H,23,26);6-8,10H,9H2,1-5H3,(H,23,25)(H2,19,20,21,22). The highest BCUT2D eigenvalue weighted by molar-refractivity contribution is 5.97. The van der Waals surface area contributed by atoms with Gasteiger partial charge in [0.05, 0.1) is 30.3 Å². The van der Waals surface area contributed by atoms with Crippen LogP contribution < -0.4 is 62.9 Å². The van der Waals surface area contributed by atoms with Crippen LogP contribution in [-0.4, -0.2) is 144 Å². The van der Waals surface area contributed by atoms with E-state index in [1.165, 1.54) is 32.9 Å². The van der Waals surface area contributed by atoms with Crippen molar-refractivity contribution >= 4 is 104 Å². The van der Waals surface area contributed by atoms with Gasteiger partial charge in [0.15, 0.2) is 17.5 Å². The lowest BCUT2D eigenvalue weighted by atomic mass is 9.96. The Hall–Kier alpha value is -12.8. The molecule has 4 heterocycles. The predicted octanol–water partition coefficient (Wildman–Crippen LogP) is 14.0. The summed E-state index contributed by atoms with van der Waals surface area (Å²) in [5.74, 6) is 1.74. The van der Waals surface area contributed by atoms with E-state index in [9.17, 15) is 49.9 Å². The van der Waals surface area contributed by atoms with E-state index in [0.717, 1.165) is 46.7 Å². The highest BCUT2D eigenvalue weighted by Gasteiger charge is 2.29. The molecule has 0 aliphatic rings. The van der Waals surface area contributed by atoms with Crippen molar-refractivity contribution in [2.24, 2.45) is 21.7 Å². The van der Waals surface area contributed by atoms with E-state index in [4.69, 9.17) is 0 Å². The average Bonchev–Trinajstić information content (AvgIpc) is 0.808. The van der Waals surface area contributed by atoms with Crippen molar-refractivity contribution in [2.75, 3.05) is 117 Å². The Labute approximate surface area is 661 Å². The van der Waals surface area contributed by atoms with E-state index < -0.39 is 21.7 Å². The third-order valence-electron chi connectivity index (χ3n) is 16.2. The first-order valence-corrected chi connectivity index (χ1v) is 36.1. The number of amides is 4. The second-order valence-electron chi connectivity index (χ2n) is 31.4. The molecule has 33 heteroatoms. The molecule has 8 aromatic rings. The zero-order valence-electron chi connectivity index (χ0n) is 69.1. The second-order valence-corrected chi connectivity index (χ2v) is 31.4. The number of nitrogens with one attached hydrogen (secondary N) is 9. The van der Waals surface area contributed by atoms with Gasteiger partial charge in [-0.1, -0.05) is 114 Å². The molecule has 0 saturated heterocycles. The van der Waals surface area contributed by atoms with Gasteiger partial charge in [0, 0.05) is 119 Å². The minimum absolute atomic E-state index is 0.0313. The number of benzene rings is 4. The molecule has 0 radical (unpaired) electrons. The Morgan fingerprint density at radius 2 is 0.903 bits per heavy atom. The zero-order chi connectivity index (χ0) is 84.6. The van der Waals surface area contributed by atoms with E-state index in [0.29, 0.717) is 99.2 Å². The summed E-state index contributed by atoms with van der Waals surface area (Å²) in [4.78, 5) is 116. The Balaban J connectivity index is 0.000000269. The van der Waals surface area contributed by atoms with Crippen molar-refractivity contribution in [1.29, 1.82) is 10.5 Å². The molecule has 113 heavy (non-hydrogen) atoms. The van der Waals surface area contributed by atoms with Gasteiger partial charge in [-0.2, -0.15) is 15.5 Å². The number of hydrogen-bond donors (Lipinski definition) is 9. The molecule has 0 atom stereocenters. The molecule has 0 spiro atoms. The van der Waals surface area contributed by atoms with E-state index in [1.807, 2.05) is 103 Å². The van der Waals surface area contributed by atoms with Gasteiger partial charge in [-0.15, -0.1) is 0 Å². The SMILES string of the molecule is CCc1nc(Nc2cc(C(=O)NC)ccc2C)c(C#N)c(N(C)CC(C)(C)C)n1.CNC(=O)c1ccc(C)c(Nc2nc(N(C)CC(C)(C)C)ncc2C#N)c1.CONC(=O)c1ccc(C)c(Nc2nccc(N(C)CC(C)(C)C)c2[N+](=O)[O-])c1.CONC(=O)c1ccc(C)c(Nc2ncnc(NCC(C)(C)C)c2[N+](=O)[O-])c1. The summed E-state index contributed by atoms with van der Waals surface area (Å²) in [6, 6.07) is 26.7. The van der Waals surface area contributed by atoms with Gasteiger partial charge in [0.1, 0.15) is 41.1 Å². The van der Waals surface area contributed by atoms with Crippen molar-refractivity contribution in [3.05, 3.63) is 179 Å². The van der Waals surface area contributed by atoms with Crippen molar-refractivity contribution in [3.8, 4) is 12.1 Å². The topological polar surface area (TPSA) is 429 Å². The monoisotopic (exact) mass is 1550 g/mol. The summed E-state index contributed by atoms with van der Waals surface area (Å²) in [5, 5.41) is 63.5. The third-order valence-corrected chi connectivity index (χ3v) is 16.2. The number of nitriles is 2. The van der Waals surface area contributed by atoms with E-state index in [1.54, 1.807) is 80.8 Å². The van der Waals surface area contributed by atoms with Crippen molar-refractivity contribution < 1.29 is 38.7 Å². The number of aryl methyl sites for hydroxylation is 5. The molecule has 0 aliphatic heterocycles. The van der Waals surface area contributed by atoms with Crippen LogP contribution in [0.2, 0.25) is 0 Å². The normalized spacial score (nSPS) is 11.0. The van der Waals surface area contributed by atoms with Crippen LogP contribution in [0.15, 0.2) is 97.6 Å². The maximum absolute atomic E-state index is 12.0. The van der Waals surface area contributed by atoms with Crippen molar-refractivity contribution in [1.82, 2.24) is 56.5 Å². The number of carbonyl (C=O) groups is 4. The van der Waals surface area contributed by atoms with E-state index in [-0.39, 0.29) is 62.3 Å². The lowest BCUT2D eigenvalue weighted by Gasteiger charge is -2.28. The number of carbonyl (C=O) groups excluding carboxylic acids is 4. The first kappa shape index (κ1) is 90.9. The fourth-order valence-electron chi connectivity index (χ4n) is 11.1. The van der Waals surface area contributed by atoms with Gasteiger partial charge in [0.2, 0.25) is 23.4 Å². The number of rotatable bonds is 25. The van der Waals surface area contributed by atoms with Crippen LogP contribution in [-0.2, 0) is 16.1 Å². The lowest BCUT2D eigenvalue weighted by molar-refractivity contribution is -0.383. The van der Waals surface area contributed by atoms with Crippen LogP contribution in [0.1, 0.15) is 171 Å². The minimum Gasteiger partial charge on any atom is -0.368 e. The van der Waals surface area contributed by atoms with Crippen LogP contribution in [0.25, 0.3) is 0 Å². The van der Waals surface area contributed by atoms with E-state index in [2.05, 4.69) is 167 Å². The lowest BCUT2D eigenvalue weighted by Crippen LogP contribution is -2.31. The van der Waals surface area contributed by atoms with Crippen molar-refractivity contribution in [3.63, 3.8) is 0 Å². The van der Waals surface area contributed by atoms with Crippen LogP contribution in [0.4, 0.5) is 80.7 Å². The number of hydroxylamine groups is 2. The second kappa shape index (κ2) is 40.3. The fraction of sp³-hybridized carbons (Fsp3) is 0.412. The molecular weight excluding hydrogens is 1440 g/mol. The Morgan fingerprint density at radius 1 is 0.496 bits per heavy atom. The number of nitro groups is 2. The Morgan fingerprint density at radius 3 is 1.30 bits per heavy atom. The number of nitrogens with zero attached hydrogens (tertiary/aromatic N) is 14. The molecule has 0 fully saturated rings. The molecule has 0 saturated carbocycles. The largest absolute Gasteiger partial charge is 0.368 e. The first-order valence-electron chi connectivity index (χ1n) is 36.1. The fourth-order valence-corrected chi connectivity index (χ4v) is 11.1. The van der Waals surface area contributed by atoms with Crippen LogP contribution >= 0.6 is 0 Å². The summed E-state index contributed by atoms with van der Waals surface area (Å²) in [5.41, 5.74) is 13.0. The van der Waals surface area contributed by atoms with Gasteiger partial charge in [0.25, 0.3) is 23.6 Å². The molecule has 4 amide bonds. The number of aromatic nitrogens is 7. The zero-order valence-corrected chi connectivity index (χ0v) is 69.1. The maximum atomic E-state index is 12.0. The van der Waals surface area contributed by atoms with Gasteiger partial charge < -0.3 is 51.9 Å². The van der Waals surface area contributed by atoms with Gasteiger partial charge >= 0.3 is 11.4 Å². The van der Waals surface area contributed by atoms with Crippen LogP contribution in [0, 0.1) is 92.2 Å². The summed E-state index contributed by atoms with van der Waals surface area (Å²) < 4.78 is 0. The third kappa shape index (κ3) is 27.4. The maximum Gasteiger partial charge on any atom is 0.353 e. The Bertz CT molecular complexity index is 4800. The molecule has 33 nitrogen and oxygen atoms in total. The first-order chi connectivity index (χ1) is 52.9. The highest BCUT2D eigenvalue weighted by atomic mass is 16.6. The van der Waals surface area contributed by atoms with Crippen LogP contribution in [0.5, 0.6) is 0 Å². The van der Waals surface area contributed by atoms with Gasteiger partial charge in [-0.3, -0.25) is 49.1 Å². The van der Waals surface area contributed by atoms with Gasteiger partial charge in [-0.05, 0) is 126 Å². The smallest absolute Gasteiger partial charge is 0.353 e. The molecule has 4 aromatic carbocycles. The summed E-state index contributed by atoms with van der Waals surface area (Å²) >= 11 is 0. The quantitative estimate of drug-likeness (QED) is 0.0189. The number of hydrogen-bond acceptors (Lipinski definition) is 27. The molecular formula is C80H107N23O10. The Kier molecular flexibility index (Phi) is 32.4. The molecule has 9 N–H and O–H groups in total. The average molecular weight is 1550 g/mol. The minimum atomic E-state index is -0.538. The number of pyridine rings is 1. The van der Waals surface area contributed by atoms with Crippen molar-refractivity contribution in [2.45, 2.75) is 124 Å². The molecule has 4 aromatic heterocycles. The number of anilines is 12.